The summed E-state index contributed by atoms with van der Waals surface area (Å²) in [6, 6.07) is 7.92. The monoisotopic (exact) mass is 373 g/mol. The van der Waals surface area contributed by atoms with Crippen LogP contribution in [-0.4, -0.2) is 36.5 Å². The predicted octanol–water partition coefficient (Wildman–Crippen LogP) is 2.68. The largest absolute Gasteiger partial charge is 0.480 e. The number of amides is 1. The SMILES string of the molecule is CC(C(=O)O)n1ccc(C(=O)Nc2ccc(Cn3cc(Cl)cn3)cc2)n1. The summed E-state index contributed by atoms with van der Waals surface area (Å²) in [6.45, 7) is 2.06. The van der Waals surface area contributed by atoms with E-state index in [1.54, 1.807) is 29.2 Å². The van der Waals surface area contributed by atoms with Crippen LogP contribution in [0.3, 0.4) is 0 Å². The summed E-state index contributed by atoms with van der Waals surface area (Å²) in [7, 11) is 0. The normalized spacial score (nSPS) is 11.9. The van der Waals surface area contributed by atoms with Crippen molar-refractivity contribution in [2.24, 2.45) is 0 Å². The van der Waals surface area contributed by atoms with Crippen molar-refractivity contribution >= 4 is 29.2 Å². The van der Waals surface area contributed by atoms with Crippen LogP contribution in [0.15, 0.2) is 48.9 Å². The van der Waals surface area contributed by atoms with Crippen molar-refractivity contribution in [2.75, 3.05) is 5.32 Å². The average molecular weight is 374 g/mol. The Balaban J connectivity index is 1.63. The molecule has 1 aromatic carbocycles. The molecule has 2 heterocycles. The van der Waals surface area contributed by atoms with Gasteiger partial charge in [-0.05, 0) is 30.7 Å². The second-order valence-corrected chi connectivity index (χ2v) is 6.14. The smallest absolute Gasteiger partial charge is 0.328 e. The van der Waals surface area contributed by atoms with Crippen LogP contribution < -0.4 is 5.32 Å². The third kappa shape index (κ3) is 4.09. The predicted molar refractivity (Wildman–Crippen MR) is 95.3 cm³/mol. The van der Waals surface area contributed by atoms with Gasteiger partial charge in [-0.15, -0.1) is 0 Å². The summed E-state index contributed by atoms with van der Waals surface area (Å²) in [5.41, 5.74) is 1.76. The summed E-state index contributed by atoms with van der Waals surface area (Å²) in [4.78, 5) is 23.2. The van der Waals surface area contributed by atoms with Gasteiger partial charge in [0.1, 0.15) is 6.04 Å². The number of carboxylic acids is 1. The number of halogens is 1. The van der Waals surface area contributed by atoms with Gasteiger partial charge in [-0.3, -0.25) is 14.2 Å². The summed E-state index contributed by atoms with van der Waals surface area (Å²) < 4.78 is 2.95. The van der Waals surface area contributed by atoms with Gasteiger partial charge in [0, 0.05) is 18.1 Å². The number of carbonyl (C=O) groups is 2. The highest BCUT2D eigenvalue weighted by molar-refractivity contribution is 6.30. The molecule has 0 spiro atoms. The van der Waals surface area contributed by atoms with E-state index < -0.39 is 17.9 Å². The van der Waals surface area contributed by atoms with E-state index >= 15 is 0 Å². The first-order chi connectivity index (χ1) is 12.4. The Hall–Kier alpha value is -3.13. The molecule has 3 rings (SSSR count). The van der Waals surface area contributed by atoms with Gasteiger partial charge in [0.25, 0.3) is 5.91 Å². The topological polar surface area (TPSA) is 102 Å². The minimum Gasteiger partial charge on any atom is -0.480 e. The van der Waals surface area contributed by atoms with Gasteiger partial charge in [-0.2, -0.15) is 10.2 Å². The molecule has 0 aliphatic carbocycles. The molecule has 0 aliphatic rings. The highest BCUT2D eigenvalue weighted by Crippen LogP contribution is 2.14. The lowest BCUT2D eigenvalue weighted by Gasteiger charge is -2.07. The Morgan fingerprint density at radius 1 is 1.27 bits per heavy atom. The van der Waals surface area contributed by atoms with Gasteiger partial charge in [-0.1, -0.05) is 23.7 Å². The van der Waals surface area contributed by atoms with Crippen molar-refractivity contribution in [3.8, 4) is 0 Å². The Labute approximate surface area is 154 Å². The molecule has 3 aromatic rings. The lowest BCUT2D eigenvalue weighted by Crippen LogP contribution is -2.18. The summed E-state index contributed by atoms with van der Waals surface area (Å²) in [6.07, 6.45) is 4.76. The van der Waals surface area contributed by atoms with Crippen LogP contribution in [0.5, 0.6) is 0 Å². The minimum atomic E-state index is -1.02. The van der Waals surface area contributed by atoms with E-state index in [4.69, 9.17) is 16.7 Å². The van der Waals surface area contributed by atoms with E-state index in [0.717, 1.165) is 5.56 Å². The maximum atomic E-state index is 12.2. The van der Waals surface area contributed by atoms with Crippen LogP contribution in [0.25, 0.3) is 0 Å². The van der Waals surface area contributed by atoms with Gasteiger partial charge in [-0.25, -0.2) is 4.79 Å². The van der Waals surface area contributed by atoms with Gasteiger partial charge in [0.2, 0.25) is 0 Å². The Morgan fingerprint density at radius 2 is 2.00 bits per heavy atom. The number of aliphatic carboxylic acids is 1. The number of nitrogens with one attached hydrogen (secondary N) is 1. The van der Waals surface area contributed by atoms with Gasteiger partial charge < -0.3 is 10.4 Å². The molecular weight excluding hydrogens is 358 g/mol. The fourth-order valence-corrected chi connectivity index (χ4v) is 2.44. The molecule has 0 saturated heterocycles. The second-order valence-electron chi connectivity index (χ2n) is 5.70. The van der Waals surface area contributed by atoms with E-state index in [0.29, 0.717) is 17.3 Å². The number of nitrogens with zero attached hydrogens (tertiary/aromatic N) is 4. The van der Waals surface area contributed by atoms with Crippen LogP contribution in [0.2, 0.25) is 5.02 Å². The van der Waals surface area contributed by atoms with Crippen LogP contribution in [-0.2, 0) is 11.3 Å². The van der Waals surface area contributed by atoms with E-state index in [1.807, 2.05) is 12.1 Å². The van der Waals surface area contributed by atoms with Crippen molar-refractivity contribution in [3.63, 3.8) is 0 Å². The zero-order valence-electron chi connectivity index (χ0n) is 13.8. The first kappa shape index (κ1) is 17.7. The number of hydrogen-bond donors (Lipinski definition) is 2. The standard InChI is InChI=1S/C17H16ClN5O3/c1-11(17(25)26)23-7-6-15(21-23)16(24)20-14-4-2-12(3-5-14)9-22-10-13(18)8-19-22/h2-8,10-11H,9H2,1H3,(H,20,24)(H,25,26). The Morgan fingerprint density at radius 3 is 2.62 bits per heavy atom. The molecule has 0 saturated carbocycles. The molecule has 0 radical (unpaired) electrons. The Bertz CT molecular complexity index is 932. The molecule has 1 amide bonds. The molecule has 1 unspecified atom stereocenters. The summed E-state index contributed by atoms with van der Waals surface area (Å²) in [5, 5.41) is 20.4. The quantitative estimate of drug-likeness (QED) is 0.691. The number of benzene rings is 1. The van der Waals surface area contributed by atoms with Crippen molar-refractivity contribution in [2.45, 2.75) is 19.5 Å². The van der Waals surface area contributed by atoms with Crippen LogP contribution in [0.4, 0.5) is 5.69 Å². The lowest BCUT2D eigenvalue weighted by molar-refractivity contribution is -0.140. The molecule has 8 nitrogen and oxygen atoms in total. The average Bonchev–Trinajstić information content (AvgIpc) is 3.25. The van der Waals surface area contributed by atoms with Gasteiger partial charge in [0.05, 0.1) is 17.8 Å². The van der Waals surface area contributed by atoms with Crippen molar-refractivity contribution in [1.82, 2.24) is 19.6 Å². The molecule has 9 heteroatoms. The highest BCUT2D eigenvalue weighted by Gasteiger charge is 2.17. The van der Waals surface area contributed by atoms with Gasteiger partial charge in [0.15, 0.2) is 5.69 Å². The number of aromatic nitrogens is 4. The maximum Gasteiger partial charge on any atom is 0.328 e. The van der Waals surface area contributed by atoms with Crippen molar-refractivity contribution in [3.05, 3.63) is 65.2 Å². The van der Waals surface area contributed by atoms with Crippen LogP contribution >= 0.6 is 11.6 Å². The Kier molecular flexibility index (Phi) is 5.04. The molecule has 26 heavy (non-hydrogen) atoms. The molecular formula is C17H16ClN5O3. The fraction of sp³-hybridized carbons (Fsp3) is 0.176. The number of hydrogen-bond acceptors (Lipinski definition) is 4. The first-order valence-corrected chi connectivity index (χ1v) is 8.16. The molecule has 1 atom stereocenters. The zero-order valence-corrected chi connectivity index (χ0v) is 14.6. The lowest BCUT2D eigenvalue weighted by atomic mass is 10.2. The number of carbonyl (C=O) groups excluding carboxylic acids is 1. The highest BCUT2D eigenvalue weighted by atomic mass is 35.5. The summed E-state index contributed by atoms with van der Waals surface area (Å²) in [5.74, 6) is -1.43. The molecule has 2 N–H and O–H groups in total. The molecule has 134 valence electrons. The number of carboxylic acid groups (broad SMARTS) is 1. The zero-order chi connectivity index (χ0) is 18.7. The molecule has 0 aliphatic heterocycles. The second kappa shape index (κ2) is 7.40. The minimum absolute atomic E-state index is 0.147. The third-order valence-electron chi connectivity index (χ3n) is 3.75. The van der Waals surface area contributed by atoms with Crippen LogP contribution in [0.1, 0.15) is 29.0 Å². The van der Waals surface area contributed by atoms with Gasteiger partial charge >= 0.3 is 5.97 Å². The van der Waals surface area contributed by atoms with E-state index in [-0.39, 0.29) is 5.69 Å². The van der Waals surface area contributed by atoms with E-state index in [1.165, 1.54) is 23.9 Å². The maximum absolute atomic E-state index is 12.2. The first-order valence-electron chi connectivity index (χ1n) is 7.78. The van der Waals surface area contributed by atoms with E-state index in [9.17, 15) is 9.59 Å². The number of anilines is 1. The number of rotatable bonds is 6. The fourth-order valence-electron chi connectivity index (χ4n) is 2.29. The summed E-state index contributed by atoms with van der Waals surface area (Å²) >= 11 is 5.83. The van der Waals surface area contributed by atoms with Crippen molar-refractivity contribution in [1.29, 1.82) is 0 Å². The molecule has 2 aromatic heterocycles. The molecule has 0 fully saturated rings. The third-order valence-corrected chi connectivity index (χ3v) is 3.95. The van der Waals surface area contributed by atoms with E-state index in [2.05, 4.69) is 15.5 Å². The van der Waals surface area contributed by atoms with Crippen molar-refractivity contribution < 1.29 is 14.7 Å². The van der Waals surface area contributed by atoms with Crippen LogP contribution in [0, 0.1) is 0 Å². The molecule has 0 bridgehead atoms.